The van der Waals surface area contributed by atoms with Gasteiger partial charge in [-0.05, 0) is 37.0 Å². The van der Waals surface area contributed by atoms with Crippen LogP contribution in [0.5, 0.6) is 5.75 Å². The number of phenolic OH excluding ortho intramolecular Hbond substituents is 1. The number of allylic oxidation sites excluding steroid dienone is 1. The number of rotatable bonds is 4. The van der Waals surface area contributed by atoms with Crippen LogP contribution in [0.3, 0.4) is 0 Å². The van der Waals surface area contributed by atoms with Crippen LogP contribution < -0.4 is 5.32 Å². The van der Waals surface area contributed by atoms with Crippen molar-refractivity contribution in [3.8, 4) is 22.7 Å². The third kappa shape index (κ3) is 3.21. The normalized spacial score (nSPS) is 25.8. The summed E-state index contributed by atoms with van der Waals surface area (Å²) in [5.74, 6) is -0.118. The van der Waals surface area contributed by atoms with E-state index in [0.717, 1.165) is 24.9 Å². The van der Waals surface area contributed by atoms with Crippen molar-refractivity contribution in [2.45, 2.75) is 37.5 Å². The van der Waals surface area contributed by atoms with Gasteiger partial charge in [-0.2, -0.15) is 0 Å². The molecule has 2 saturated heterocycles. The molecule has 0 amide bonds. The largest absolute Gasteiger partial charge is 0.507 e. The Kier molecular flexibility index (Phi) is 4.39. The molecule has 0 aliphatic carbocycles. The fourth-order valence-electron chi connectivity index (χ4n) is 4.47. The van der Waals surface area contributed by atoms with E-state index < -0.39 is 6.17 Å². The molecule has 2 aliphatic heterocycles. The van der Waals surface area contributed by atoms with Gasteiger partial charge in [0.15, 0.2) is 0 Å². The van der Waals surface area contributed by atoms with Gasteiger partial charge in [-0.1, -0.05) is 6.58 Å². The first-order valence-corrected chi connectivity index (χ1v) is 9.83. The number of benzene rings is 1. The highest BCUT2D eigenvalue weighted by Crippen LogP contribution is 2.39. The molecule has 0 unspecified atom stereocenters. The molecule has 0 radical (unpaired) electrons. The highest BCUT2D eigenvalue weighted by Gasteiger charge is 2.43. The van der Waals surface area contributed by atoms with Crippen LogP contribution >= 0.6 is 0 Å². The van der Waals surface area contributed by atoms with Crippen LogP contribution in [0.2, 0.25) is 0 Å². The van der Waals surface area contributed by atoms with Crippen LogP contribution in [-0.2, 0) is 0 Å². The van der Waals surface area contributed by atoms with Crippen molar-refractivity contribution in [1.29, 1.82) is 0 Å². The smallest absolute Gasteiger partial charge is 0.127 e. The summed E-state index contributed by atoms with van der Waals surface area (Å²) >= 11 is 0. The summed E-state index contributed by atoms with van der Waals surface area (Å²) in [5, 5.41) is 13.8. The standard InChI is InChI=1S/C22H22FN5O/c1-13(17-8-14-2-5-18(27-14)22(17)23)19-10-26-20(11-25-19)16-4-3-15(9-21(16)29)28-7-6-24-12-28/h3-4,6-7,9-12,14,17-18,22,27,29H,1-2,5,8H2/t14-,17+,18+,22-/m1/s1. The van der Waals surface area contributed by atoms with Crippen molar-refractivity contribution >= 4 is 5.57 Å². The first-order valence-electron chi connectivity index (χ1n) is 9.83. The Morgan fingerprint density at radius 1 is 1.24 bits per heavy atom. The average Bonchev–Trinajstić information content (AvgIpc) is 3.41. The lowest BCUT2D eigenvalue weighted by Gasteiger charge is -2.33. The summed E-state index contributed by atoms with van der Waals surface area (Å²) < 4.78 is 16.6. The molecule has 5 rings (SSSR count). The molecule has 6 nitrogen and oxygen atoms in total. The zero-order valence-electron chi connectivity index (χ0n) is 15.9. The molecule has 2 N–H and O–H groups in total. The van der Waals surface area contributed by atoms with E-state index >= 15 is 0 Å². The summed E-state index contributed by atoms with van der Waals surface area (Å²) in [6.45, 7) is 4.13. The molecule has 2 fully saturated rings. The molecule has 4 heterocycles. The lowest BCUT2D eigenvalue weighted by molar-refractivity contribution is 0.167. The van der Waals surface area contributed by atoms with Gasteiger partial charge in [0.25, 0.3) is 0 Å². The number of nitrogens with zero attached hydrogens (tertiary/aromatic N) is 4. The summed E-state index contributed by atoms with van der Waals surface area (Å²) in [6, 6.07) is 5.62. The number of aromatic nitrogens is 4. The predicted molar refractivity (Wildman–Crippen MR) is 108 cm³/mol. The minimum atomic E-state index is -0.942. The first kappa shape index (κ1) is 18.0. The number of alkyl halides is 1. The molecular formula is C22H22FN5O. The van der Waals surface area contributed by atoms with Crippen molar-refractivity contribution in [2.75, 3.05) is 0 Å². The molecule has 29 heavy (non-hydrogen) atoms. The molecule has 4 atom stereocenters. The zero-order chi connectivity index (χ0) is 20.0. The SMILES string of the molecule is C=C(c1cnc(-c2ccc(-n3ccnc3)cc2O)cn1)[C@@H]1C[C@H]2CC[C@H](N2)[C@@H]1F. The number of hydrogen-bond acceptors (Lipinski definition) is 5. The predicted octanol–water partition coefficient (Wildman–Crippen LogP) is 3.53. The second-order valence-corrected chi connectivity index (χ2v) is 7.82. The lowest BCUT2D eigenvalue weighted by Crippen LogP contribution is -2.47. The number of nitrogens with one attached hydrogen (secondary N) is 1. The highest BCUT2D eigenvalue weighted by molar-refractivity contribution is 5.69. The summed E-state index contributed by atoms with van der Waals surface area (Å²) in [4.78, 5) is 12.9. The summed E-state index contributed by atoms with van der Waals surface area (Å²) in [6.07, 6.45) is 10.1. The van der Waals surface area contributed by atoms with E-state index in [2.05, 4.69) is 26.8 Å². The molecule has 1 aromatic carbocycles. The minimum absolute atomic E-state index is 0.0753. The molecule has 3 aromatic rings. The van der Waals surface area contributed by atoms with Gasteiger partial charge >= 0.3 is 0 Å². The van der Waals surface area contributed by atoms with Gasteiger partial charge in [0.2, 0.25) is 0 Å². The maximum atomic E-state index is 14.8. The monoisotopic (exact) mass is 391 g/mol. The Morgan fingerprint density at radius 3 is 2.86 bits per heavy atom. The maximum Gasteiger partial charge on any atom is 0.127 e. The second-order valence-electron chi connectivity index (χ2n) is 7.82. The Labute approximate surface area is 168 Å². The van der Waals surface area contributed by atoms with E-state index in [1.165, 1.54) is 0 Å². The number of hydrogen-bond donors (Lipinski definition) is 2. The van der Waals surface area contributed by atoms with Crippen LogP contribution in [0.15, 0.2) is 55.9 Å². The van der Waals surface area contributed by atoms with Crippen LogP contribution in [0.4, 0.5) is 4.39 Å². The van der Waals surface area contributed by atoms with Gasteiger partial charge < -0.3 is 15.0 Å². The number of halogens is 1. The van der Waals surface area contributed by atoms with Gasteiger partial charge in [-0.25, -0.2) is 9.37 Å². The number of piperidine rings is 1. The molecule has 0 saturated carbocycles. The Hall–Kier alpha value is -3.06. The lowest BCUT2D eigenvalue weighted by atomic mass is 9.84. The second kappa shape index (κ2) is 7.08. The van der Waals surface area contributed by atoms with Gasteiger partial charge in [0.1, 0.15) is 11.9 Å². The van der Waals surface area contributed by atoms with Gasteiger partial charge in [-0.15, -0.1) is 0 Å². The third-order valence-corrected chi connectivity index (χ3v) is 6.07. The van der Waals surface area contributed by atoms with Gasteiger partial charge in [0.05, 0.1) is 35.8 Å². The topological polar surface area (TPSA) is 75.9 Å². The highest BCUT2D eigenvalue weighted by atomic mass is 19.1. The molecule has 2 bridgehead atoms. The molecule has 7 heteroatoms. The van der Waals surface area contributed by atoms with Crippen LogP contribution in [0, 0.1) is 5.92 Å². The zero-order valence-corrected chi connectivity index (χ0v) is 15.9. The number of aromatic hydroxyl groups is 1. The van der Waals surface area contributed by atoms with Crippen LogP contribution in [0.25, 0.3) is 22.5 Å². The minimum Gasteiger partial charge on any atom is -0.507 e. The molecule has 2 aromatic heterocycles. The van der Waals surface area contributed by atoms with E-state index in [1.807, 2.05) is 10.6 Å². The van der Waals surface area contributed by atoms with Crippen molar-refractivity contribution in [1.82, 2.24) is 24.8 Å². The number of phenols is 1. The van der Waals surface area contributed by atoms with Gasteiger partial charge in [-0.3, -0.25) is 9.97 Å². The van der Waals surface area contributed by atoms with E-state index in [4.69, 9.17) is 0 Å². The van der Waals surface area contributed by atoms with Crippen molar-refractivity contribution in [3.05, 3.63) is 61.6 Å². The number of fused-ring (bicyclic) bond motifs is 2. The van der Waals surface area contributed by atoms with Gasteiger partial charge in [0, 0.05) is 42.0 Å². The fourth-order valence-corrected chi connectivity index (χ4v) is 4.47. The fraction of sp³-hybridized carbons (Fsp3) is 0.318. The summed E-state index contributed by atoms with van der Waals surface area (Å²) in [5.41, 5.74) is 3.25. The molecule has 0 spiro atoms. The van der Waals surface area contributed by atoms with E-state index in [9.17, 15) is 9.50 Å². The quantitative estimate of drug-likeness (QED) is 0.712. The Balaban J connectivity index is 1.37. The first-order chi connectivity index (χ1) is 14.1. The Bertz CT molecular complexity index is 1030. The molecular weight excluding hydrogens is 369 g/mol. The molecule has 2 aliphatic rings. The third-order valence-electron chi connectivity index (χ3n) is 6.07. The van der Waals surface area contributed by atoms with Crippen molar-refractivity contribution < 1.29 is 9.50 Å². The molecule has 148 valence electrons. The summed E-state index contributed by atoms with van der Waals surface area (Å²) in [7, 11) is 0. The Morgan fingerprint density at radius 2 is 2.14 bits per heavy atom. The van der Waals surface area contributed by atoms with Crippen LogP contribution in [0.1, 0.15) is 25.0 Å². The maximum absolute atomic E-state index is 14.8. The van der Waals surface area contributed by atoms with E-state index in [-0.39, 0.29) is 17.7 Å². The number of imidazole rings is 1. The van der Waals surface area contributed by atoms with Crippen LogP contribution in [-0.4, -0.2) is 42.9 Å². The van der Waals surface area contributed by atoms with Crippen molar-refractivity contribution in [3.63, 3.8) is 0 Å². The van der Waals surface area contributed by atoms with E-state index in [1.54, 1.807) is 43.2 Å². The average molecular weight is 391 g/mol. The van der Waals surface area contributed by atoms with Crippen molar-refractivity contribution in [2.24, 2.45) is 5.92 Å². The van der Waals surface area contributed by atoms with E-state index in [0.29, 0.717) is 28.6 Å².